The summed E-state index contributed by atoms with van der Waals surface area (Å²) in [5.74, 6) is -0.657. The number of carboxylic acids is 1. The molecule has 1 aliphatic rings. The Kier molecular flexibility index (Phi) is 3.79. The van der Waals surface area contributed by atoms with Crippen LogP contribution in [0, 0.1) is 0 Å². The summed E-state index contributed by atoms with van der Waals surface area (Å²) in [7, 11) is 0. The Labute approximate surface area is 132 Å². The first-order valence-electron chi connectivity index (χ1n) is 6.49. The number of benzene rings is 2. The number of rotatable bonds is 4. The van der Waals surface area contributed by atoms with Crippen molar-refractivity contribution in [2.75, 3.05) is 6.61 Å². The second-order valence-electron chi connectivity index (χ2n) is 4.98. The van der Waals surface area contributed by atoms with E-state index in [1.54, 1.807) is 0 Å². The second-order valence-corrected chi connectivity index (χ2v) is 5.82. The molecule has 2 aromatic rings. The van der Waals surface area contributed by atoms with E-state index in [0.717, 1.165) is 6.42 Å². The molecule has 0 spiro atoms. The highest BCUT2D eigenvalue weighted by atomic mass is 35.5. The number of fused-ring (bicyclic) bond motifs is 1. The lowest BCUT2D eigenvalue weighted by Gasteiger charge is -2.30. The Bertz CT molecular complexity index is 713. The molecule has 3 rings (SSSR count). The molecule has 3 nitrogen and oxygen atoms in total. The number of hydrogen-bond acceptors (Lipinski definition) is 2. The molecule has 0 aliphatic heterocycles. The van der Waals surface area contributed by atoms with E-state index in [2.05, 4.69) is 12.1 Å². The van der Waals surface area contributed by atoms with Crippen molar-refractivity contribution in [3.8, 4) is 5.75 Å². The van der Waals surface area contributed by atoms with Crippen LogP contribution in [0.15, 0.2) is 36.4 Å². The monoisotopic (exact) mass is 322 g/mol. The zero-order chi connectivity index (χ0) is 15.0. The lowest BCUT2D eigenvalue weighted by molar-refractivity contribution is 0.0691. The fraction of sp³-hybridized carbons (Fsp3) is 0.188. The first kappa shape index (κ1) is 14.2. The maximum atomic E-state index is 11.3. The number of halogens is 2. The lowest BCUT2D eigenvalue weighted by atomic mass is 9.78. The van der Waals surface area contributed by atoms with E-state index < -0.39 is 5.97 Å². The average molecular weight is 323 g/mol. The van der Waals surface area contributed by atoms with E-state index in [1.807, 2.05) is 12.1 Å². The van der Waals surface area contributed by atoms with Crippen LogP contribution in [0.1, 0.15) is 27.4 Å². The van der Waals surface area contributed by atoms with Crippen LogP contribution in [0.2, 0.25) is 10.0 Å². The third kappa shape index (κ3) is 2.71. The molecule has 0 amide bonds. The van der Waals surface area contributed by atoms with Crippen molar-refractivity contribution in [1.29, 1.82) is 0 Å². The molecule has 0 fully saturated rings. The normalized spacial score (nSPS) is 16.0. The minimum Gasteiger partial charge on any atom is -0.490 e. The van der Waals surface area contributed by atoms with Crippen LogP contribution in [0.5, 0.6) is 5.75 Å². The molecule has 21 heavy (non-hydrogen) atoms. The zero-order valence-corrected chi connectivity index (χ0v) is 12.5. The molecule has 1 atom stereocenters. The maximum absolute atomic E-state index is 11.3. The number of carbonyl (C=O) groups is 1. The van der Waals surface area contributed by atoms with Gasteiger partial charge in [0.1, 0.15) is 5.56 Å². The highest BCUT2D eigenvalue weighted by Gasteiger charge is 2.27. The third-order valence-electron chi connectivity index (χ3n) is 3.63. The van der Waals surface area contributed by atoms with Crippen molar-refractivity contribution in [3.63, 3.8) is 0 Å². The van der Waals surface area contributed by atoms with Gasteiger partial charge in [-0.1, -0.05) is 47.5 Å². The molecular weight excluding hydrogens is 311 g/mol. The second kappa shape index (κ2) is 5.58. The van der Waals surface area contributed by atoms with Crippen LogP contribution in [0.25, 0.3) is 0 Å². The van der Waals surface area contributed by atoms with Gasteiger partial charge in [-0.15, -0.1) is 0 Å². The standard InChI is InChI=1S/C16H12Cl2O3/c17-11-6-13(16(19)20)15(14(18)7-11)21-8-10-5-9-3-1-2-4-12(9)10/h1-4,6-7,10H,5,8H2,(H,19,20). The maximum Gasteiger partial charge on any atom is 0.339 e. The van der Waals surface area contributed by atoms with Crippen LogP contribution in [-0.2, 0) is 6.42 Å². The molecule has 2 aromatic carbocycles. The van der Waals surface area contributed by atoms with Gasteiger partial charge in [0.25, 0.3) is 0 Å². The molecule has 0 radical (unpaired) electrons. The quantitative estimate of drug-likeness (QED) is 0.906. The topological polar surface area (TPSA) is 46.5 Å². The predicted molar refractivity (Wildman–Crippen MR) is 81.8 cm³/mol. The first-order chi connectivity index (χ1) is 10.1. The molecule has 0 saturated carbocycles. The number of aromatic carboxylic acids is 1. The summed E-state index contributed by atoms with van der Waals surface area (Å²) in [5, 5.41) is 9.70. The summed E-state index contributed by atoms with van der Waals surface area (Å²) < 4.78 is 5.67. The van der Waals surface area contributed by atoms with Crippen LogP contribution in [-0.4, -0.2) is 17.7 Å². The molecule has 1 unspecified atom stereocenters. The van der Waals surface area contributed by atoms with E-state index in [1.165, 1.54) is 23.3 Å². The smallest absolute Gasteiger partial charge is 0.339 e. The van der Waals surface area contributed by atoms with Crippen molar-refractivity contribution in [2.24, 2.45) is 0 Å². The summed E-state index contributed by atoms with van der Waals surface area (Å²) in [4.78, 5) is 11.3. The van der Waals surface area contributed by atoms with Gasteiger partial charge >= 0.3 is 5.97 Å². The van der Waals surface area contributed by atoms with Gasteiger partial charge in [-0.25, -0.2) is 4.79 Å². The molecule has 1 aliphatic carbocycles. The van der Waals surface area contributed by atoms with Gasteiger partial charge < -0.3 is 9.84 Å². The Morgan fingerprint density at radius 3 is 2.76 bits per heavy atom. The summed E-state index contributed by atoms with van der Waals surface area (Å²) in [6.45, 7) is 0.401. The average Bonchev–Trinajstić information content (AvgIpc) is 2.41. The Morgan fingerprint density at radius 2 is 2.05 bits per heavy atom. The fourth-order valence-corrected chi connectivity index (χ4v) is 3.11. The van der Waals surface area contributed by atoms with E-state index in [9.17, 15) is 9.90 Å². The van der Waals surface area contributed by atoms with Gasteiger partial charge in [-0.3, -0.25) is 0 Å². The van der Waals surface area contributed by atoms with Gasteiger partial charge in [0.2, 0.25) is 0 Å². The highest BCUT2D eigenvalue weighted by molar-refractivity contribution is 6.36. The van der Waals surface area contributed by atoms with Crippen LogP contribution in [0.3, 0.4) is 0 Å². The molecule has 5 heteroatoms. The third-order valence-corrected chi connectivity index (χ3v) is 4.13. The molecule has 0 aromatic heterocycles. The van der Waals surface area contributed by atoms with Gasteiger partial charge in [-0.05, 0) is 29.7 Å². The van der Waals surface area contributed by atoms with Crippen LogP contribution >= 0.6 is 23.2 Å². The molecule has 108 valence electrons. The van der Waals surface area contributed by atoms with E-state index in [4.69, 9.17) is 27.9 Å². The Morgan fingerprint density at radius 1 is 1.29 bits per heavy atom. The molecular formula is C16H12Cl2O3. The Balaban J connectivity index is 1.79. The minimum atomic E-state index is -1.11. The number of hydrogen-bond donors (Lipinski definition) is 1. The van der Waals surface area contributed by atoms with Gasteiger partial charge in [0, 0.05) is 10.9 Å². The first-order valence-corrected chi connectivity index (χ1v) is 7.25. The summed E-state index contributed by atoms with van der Waals surface area (Å²) in [6, 6.07) is 11.0. The van der Waals surface area contributed by atoms with Gasteiger partial charge in [0.15, 0.2) is 5.75 Å². The number of carboxylic acid groups (broad SMARTS) is 1. The summed E-state index contributed by atoms with van der Waals surface area (Å²) in [5.41, 5.74) is 2.55. The predicted octanol–water partition coefficient (Wildman–Crippen LogP) is 4.41. The molecule has 0 saturated heterocycles. The Hall–Kier alpha value is -1.71. The highest BCUT2D eigenvalue weighted by Crippen LogP contribution is 2.37. The van der Waals surface area contributed by atoms with E-state index >= 15 is 0 Å². The van der Waals surface area contributed by atoms with Crippen LogP contribution in [0.4, 0.5) is 0 Å². The molecule has 0 bridgehead atoms. The minimum absolute atomic E-state index is 0.0138. The number of ether oxygens (including phenoxy) is 1. The summed E-state index contributed by atoms with van der Waals surface area (Å²) in [6.07, 6.45) is 0.934. The lowest BCUT2D eigenvalue weighted by Crippen LogP contribution is -2.23. The van der Waals surface area contributed by atoms with E-state index in [-0.39, 0.29) is 27.3 Å². The van der Waals surface area contributed by atoms with Crippen molar-refractivity contribution >= 4 is 29.2 Å². The van der Waals surface area contributed by atoms with Crippen molar-refractivity contribution in [3.05, 3.63) is 63.1 Å². The fourth-order valence-electron chi connectivity index (χ4n) is 2.56. The van der Waals surface area contributed by atoms with Crippen molar-refractivity contribution < 1.29 is 14.6 Å². The summed E-state index contributed by atoms with van der Waals surface area (Å²) >= 11 is 11.9. The SMILES string of the molecule is O=C(O)c1cc(Cl)cc(Cl)c1OCC1Cc2ccccc21. The van der Waals surface area contributed by atoms with Crippen LogP contribution < -0.4 is 4.74 Å². The van der Waals surface area contributed by atoms with Crippen molar-refractivity contribution in [1.82, 2.24) is 0 Å². The zero-order valence-electron chi connectivity index (χ0n) is 11.0. The van der Waals surface area contributed by atoms with Gasteiger partial charge in [0.05, 0.1) is 11.6 Å². The van der Waals surface area contributed by atoms with Crippen molar-refractivity contribution in [2.45, 2.75) is 12.3 Å². The van der Waals surface area contributed by atoms with Gasteiger partial charge in [-0.2, -0.15) is 0 Å². The largest absolute Gasteiger partial charge is 0.490 e. The van der Waals surface area contributed by atoms with E-state index in [0.29, 0.717) is 6.61 Å². The molecule has 0 heterocycles. The molecule has 1 N–H and O–H groups in total.